The minimum absolute atomic E-state index is 0.0872. The van der Waals surface area contributed by atoms with Crippen molar-refractivity contribution in [1.29, 1.82) is 0 Å². The number of sulfone groups is 1. The molecule has 0 aromatic heterocycles. The molecule has 9 heteroatoms. The van der Waals surface area contributed by atoms with Gasteiger partial charge in [0, 0.05) is 17.4 Å². The van der Waals surface area contributed by atoms with Gasteiger partial charge in [-0.3, -0.25) is 9.59 Å². The van der Waals surface area contributed by atoms with Crippen LogP contribution in [0.3, 0.4) is 0 Å². The first-order valence-electron chi connectivity index (χ1n) is 9.44. The van der Waals surface area contributed by atoms with E-state index in [9.17, 15) is 18.0 Å². The molecule has 0 radical (unpaired) electrons. The van der Waals surface area contributed by atoms with Gasteiger partial charge in [-0.2, -0.15) is 0 Å². The van der Waals surface area contributed by atoms with Crippen LogP contribution in [0, 0.1) is 5.92 Å². The number of hydrogen-bond acceptors (Lipinski definition) is 6. The smallest absolute Gasteiger partial charge is 0.237 e. The first-order chi connectivity index (χ1) is 14.2. The fourth-order valence-corrected chi connectivity index (χ4v) is 5.53. The minimum Gasteiger partial charge on any atom is -0.497 e. The Labute approximate surface area is 180 Å². The van der Waals surface area contributed by atoms with Gasteiger partial charge in [0.05, 0.1) is 28.7 Å². The number of ether oxygens (including phenoxy) is 1. The van der Waals surface area contributed by atoms with Crippen molar-refractivity contribution in [3.8, 4) is 5.75 Å². The average molecular weight is 449 g/mol. The molecule has 2 N–H and O–H groups in total. The van der Waals surface area contributed by atoms with Crippen LogP contribution in [0.1, 0.15) is 19.4 Å². The SMILES string of the molecule is COc1cccc(CNC(=O)[C@H](C)CS(=O)(=O)c2ccc3c(c2)NC(=O)[C@H](C)S3)c1. The Bertz CT molecular complexity index is 1070. The topological polar surface area (TPSA) is 102 Å². The third-order valence-corrected chi connectivity index (χ3v) is 7.85. The molecule has 1 aliphatic rings. The Kier molecular flexibility index (Phi) is 6.72. The number of amides is 2. The second-order valence-corrected chi connectivity index (χ2v) is 10.6. The van der Waals surface area contributed by atoms with Gasteiger partial charge < -0.3 is 15.4 Å². The summed E-state index contributed by atoms with van der Waals surface area (Å²) < 4.78 is 30.8. The van der Waals surface area contributed by atoms with Gasteiger partial charge in [0.15, 0.2) is 9.84 Å². The lowest BCUT2D eigenvalue weighted by Gasteiger charge is -2.22. The molecular weight excluding hydrogens is 424 g/mol. The first kappa shape index (κ1) is 22.2. The summed E-state index contributed by atoms with van der Waals surface area (Å²) in [5.41, 5.74) is 1.34. The van der Waals surface area contributed by atoms with E-state index in [1.807, 2.05) is 18.2 Å². The number of nitrogens with one attached hydrogen (secondary N) is 2. The summed E-state index contributed by atoms with van der Waals surface area (Å²) in [6, 6.07) is 12.0. The molecule has 7 nitrogen and oxygen atoms in total. The normalized spacial score (nSPS) is 16.9. The molecule has 0 spiro atoms. The fourth-order valence-electron chi connectivity index (χ4n) is 3.03. The van der Waals surface area contributed by atoms with Crippen molar-refractivity contribution >= 4 is 39.1 Å². The number of benzene rings is 2. The average Bonchev–Trinajstić information content (AvgIpc) is 2.72. The molecule has 0 saturated carbocycles. The Balaban J connectivity index is 1.65. The van der Waals surface area contributed by atoms with Crippen molar-refractivity contribution in [2.75, 3.05) is 18.2 Å². The molecule has 30 heavy (non-hydrogen) atoms. The predicted molar refractivity (Wildman–Crippen MR) is 116 cm³/mol. The monoisotopic (exact) mass is 448 g/mol. The highest BCUT2D eigenvalue weighted by Gasteiger charge is 2.27. The maximum absolute atomic E-state index is 12.8. The Morgan fingerprint density at radius 1 is 1.27 bits per heavy atom. The van der Waals surface area contributed by atoms with Crippen LogP contribution in [0.15, 0.2) is 52.3 Å². The second kappa shape index (κ2) is 9.09. The lowest BCUT2D eigenvalue weighted by Crippen LogP contribution is -2.33. The Morgan fingerprint density at radius 2 is 2.03 bits per heavy atom. The van der Waals surface area contributed by atoms with E-state index in [4.69, 9.17) is 4.74 Å². The van der Waals surface area contributed by atoms with Crippen molar-refractivity contribution in [1.82, 2.24) is 5.32 Å². The highest BCUT2D eigenvalue weighted by Crippen LogP contribution is 2.37. The third kappa shape index (κ3) is 5.14. The van der Waals surface area contributed by atoms with Gasteiger partial charge in [-0.15, -0.1) is 11.8 Å². The number of carbonyl (C=O) groups excluding carboxylic acids is 2. The van der Waals surface area contributed by atoms with E-state index in [2.05, 4.69) is 10.6 Å². The number of methoxy groups -OCH3 is 1. The van der Waals surface area contributed by atoms with E-state index in [-0.39, 0.29) is 34.3 Å². The van der Waals surface area contributed by atoms with E-state index in [0.717, 1.165) is 10.5 Å². The lowest BCUT2D eigenvalue weighted by molar-refractivity contribution is -0.124. The molecule has 160 valence electrons. The Morgan fingerprint density at radius 3 is 2.77 bits per heavy atom. The molecule has 0 unspecified atom stereocenters. The summed E-state index contributed by atoms with van der Waals surface area (Å²) in [6.07, 6.45) is 0. The Hall–Kier alpha value is -2.52. The molecule has 2 aromatic rings. The summed E-state index contributed by atoms with van der Waals surface area (Å²) in [4.78, 5) is 25.2. The van der Waals surface area contributed by atoms with Crippen LogP contribution in [-0.4, -0.2) is 38.3 Å². The highest BCUT2D eigenvalue weighted by atomic mass is 32.2. The standard InChI is InChI=1S/C21H24N2O5S2/c1-13(20(24)22-11-15-5-4-6-16(9-15)28-3)12-30(26,27)17-7-8-19-18(10-17)23-21(25)14(2)29-19/h4-10,13-14H,11-12H2,1-3H3,(H,22,24)(H,23,25)/t13-,14+/m1/s1. The highest BCUT2D eigenvalue weighted by molar-refractivity contribution is 8.01. The lowest BCUT2D eigenvalue weighted by atomic mass is 10.2. The van der Waals surface area contributed by atoms with Gasteiger partial charge in [0.2, 0.25) is 11.8 Å². The molecule has 3 rings (SSSR count). The van der Waals surface area contributed by atoms with E-state index in [1.165, 1.54) is 23.9 Å². The zero-order valence-electron chi connectivity index (χ0n) is 17.0. The van der Waals surface area contributed by atoms with Crippen LogP contribution in [0.25, 0.3) is 0 Å². The van der Waals surface area contributed by atoms with Crippen LogP contribution >= 0.6 is 11.8 Å². The molecule has 0 aliphatic carbocycles. The summed E-state index contributed by atoms with van der Waals surface area (Å²) >= 11 is 1.39. The molecule has 0 saturated heterocycles. The second-order valence-electron chi connectivity index (χ2n) is 7.16. The molecule has 1 aliphatic heterocycles. The molecule has 0 bridgehead atoms. The zero-order chi connectivity index (χ0) is 21.9. The van der Waals surface area contributed by atoms with Gasteiger partial charge in [-0.1, -0.05) is 19.1 Å². The molecular formula is C21H24N2O5S2. The first-order valence-corrected chi connectivity index (χ1v) is 12.0. The van der Waals surface area contributed by atoms with Gasteiger partial charge in [-0.05, 0) is 42.8 Å². The van der Waals surface area contributed by atoms with Crippen molar-refractivity contribution in [2.45, 2.75) is 35.4 Å². The number of fused-ring (bicyclic) bond motifs is 1. The van der Waals surface area contributed by atoms with Crippen LogP contribution in [0.2, 0.25) is 0 Å². The third-order valence-electron chi connectivity index (χ3n) is 4.76. The van der Waals surface area contributed by atoms with E-state index >= 15 is 0 Å². The van der Waals surface area contributed by atoms with Crippen LogP contribution in [0.5, 0.6) is 5.75 Å². The fraction of sp³-hybridized carbons (Fsp3) is 0.333. The van der Waals surface area contributed by atoms with Crippen LogP contribution in [0.4, 0.5) is 5.69 Å². The van der Waals surface area contributed by atoms with E-state index in [1.54, 1.807) is 33.1 Å². The summed E-state index contributed by atoms with van der Waals surface area (Å²) in [5, 5.41) is 5.27. The van der Waals surface area contributed by atoms with Crippen LogP contribution in [-0.2, 0) is 26.0 Å². The van der Waals surface area contributed by atoms with Gasteiger partial charge in [0.1, 0.15) is 5.75 Å². The summed E-state index contributed by atoms with van der Waals surface area (Å²) in [7, 11) is -2.14. The number of thioether (sulfide) groups is 1. The molecule has 2 aromatic carbocycles. The summed E-state index contributed by atoms with van der Waals surface area (Å²) in [5.74, 6) is -0.887. The number of anilines is 1. The van der Waals surface area contributed by atoms with Crippen molar-refractivity contribution < 1.29 is 22.7 Å². The minimum atomic E-state index is -3.70. The van der Waals surface area contributed by atoms with Gasteiger partial charge in [-0.25, -0.2) is 8.42 Å². The largest absolute Gasteiger partial charge is 0.497 e. The van der Waals surface area contributed by atoms with Crippen LogP contribution < -0.4 is 15.4 Å². The van der Waals surface area contributed by atoms with E-state index < -0.39 is 15.8 Å². The maximum Gasteiger partial charge on any atom is 0.237 e. The van der Waals surface area contributed by atoms with Crippen molar-refractivity contribution in [2.24, 2.45) is 5.92 Å². The maximum atomic E-state index is 12.8. The quantitative estimate of drug-likeness (QED) is 0.675. The number of hydrogen-bond donors (Lipinski definition) is 2. The number of carbonyl (C=O) groups is 2. The molecule has 0 fully saturated rings. The summed E-state index contributed by atoms with van der Waals surface area (Å²) in [6.45, 7) is 3.65. The molecule has 2 atom stereocenters. The van der Waals surface area contributed by atoms with Crippen molar-refractivity contribution in [3.05, 3.63) is 48.0 Å². The zero-order valence-corrected chi connectivity index (χ0v) is 18.6. The molecule has 2 amide bonds. The van der Waals surface area contributed by atoms with Crippen molar-refractivity contribution in [3.63, 3.8) is 0 Å². The molecule has 1 heterocycles. The predicted octanol–water partition coefficient (Wildman–Crippen LogP) is 2.85. The van der Waals surface area contributed by atoms with E-state index in [0.29, 0.717) is 11.4 Å². The van der Waals surface area contributed by atoms with Gasteiger partial charge >= 0.3 is 0 Å². The van der Waals surface area contributed by atoms with Gasteiger partial charge in [0.25, 0.3) is 0 Å². The number of rotatable bonds is 7.